The number of phenolic OH excluding ortho intramolecular Hbond substituents is 1. The third-order valence-electron chi connectivity index (χ3n) is 6.74. The summed E-state index contributed by atoms with van der Waals surface area (Å²) in [6.45, 7) is 0. The van der Waals surface area contributed by atoms with Crippen molar-refractivity contribution in [3.63, 3.8) is 0 Å². The molecule has 0 aliphatic rings. The minimum absolute atomic E-state index is 0.164. The molecule has 39 heavy (non-hydrogen) atoms. The van der Waals surface area contributed by atoms with E-state index in [1.807, 2.05) is 119 Å². The normalized spacial score (nSPS) is 11.3. The molecule has 0 bridgehead atoms. The highest BCUT2D eigenvalue weighted by atomic mass is 16.5. The largest absolute Gasteiger partial charge is 0.506 e. The van der Waals surface area contributed by atoms with Crippen LogP contribution in [0.15, 0.2) is 115 Å². The average Bonchev–Trinajstić information content (AvgIpc) is 3.52. The number of fused-ring (bicyclic) bond motifs is 2. The molecule has 4 aromatic carbocycles. The number of pyridine rings is 1. The number of aryl methyl sites for hydroxylation is 1. The maximum Gasteiger partial charge on any atom is 0.219 e. The molecule has 0 aliphatic carbocycles. The average molecular weight is 510 g/mol. The Morgan fingerprint density at radius 3 is 2.23 bits per heavy atom. The highest BCUT2D eigenvalue weighted by Crippen LogP contribution is 2.35. The van der Waals surface area contributed by atoms with Gasteiger partial charge in [-0.15, -0.1) is 0 Å². The van der Waals surface area contributed by atoms with E-state index in [0.717, 1.165) is 45.0 Å². The van der Waals surface area contributed by atoms with E-state index in [9.17, 15) is 5.11 Å². The standard InChI is InChI=1S/C32H23N5O2/c1-36-26-14-6-5-12-23(26)35-32(36)25-13-9-17-30(33-25)39-22-18-19-24-28(20-22)37(27-15-7-8-16-29(27)38)31(34-24)21-10-3-2-4-11-21/h2-20,38H,1H3. The summed E-state index contributed by atoms with van der Waals surface area (Å²) in [5.41, 5.74) is 5.84. The molecule has 0 amide bonds. The van der Waals surface area contributed by atoms with Crippen molar-refractivity contribution in [3.05, 3.63) is 115 Å². The molecule has 0 fully saturated rings. The van der Waals surface area contributed by atoms with Crippen LogP contribution in [-0.2, 0) is 7.05 Å². The molecule has 7 nitrogen and oxygen atoms in total. The van der Waals surface area contributed by atoms with Crippen molar-refractivity contribution in [3.8, 4) is 46.0 Å². The summed E-state index contributed by atoms with van der Waals surface area (Å²) in [6, 6.07) is 36.6. The maximum atomic E-state index is 10.7. The van der Waals surface area contributed by atoms with Gasteiger partial charge < -0.3 is 14.4 Å². The van der Waals surface area contributed by atoms with E-state index in [-0.39, 0.29) is 5.75 Å². The van der Waals surface area contributed by atoms with E-state index in [4.69, 9.17) is 19.7 Å². The zero-order chi connectivity index (χ0) is 26.3. The lowest BCUT2D eigenvalue weighted by Crippen LogP contribution is -1.98. The molecule has 0 atom stereocenters. The van der Waals surface area contributed by atoms with Gasteiger partial charge in [0.05, 0.1) is 27.8 Å². The Kier molecular flexibility index (Phi) is 5.33. The van der Waals surface area contributed by atoms with Gasteiger partial charge in [-0.2, -0.15) is 0 Å². The second kappa shape index (κ2) is 9.15. The lowest BCUT2D eigenvalue weighted by molar-refractivity contribution is 0.463. The van der Waals surface area contributed by atoms with Crippen molar-refractivity contribution in [2.24, 2.45) is 7.05 Å². The first-order valence-electron chi connectivity index (χ1n) is 12.6. The van der Waals surface area contributed by atoms with Gasteiger partial charge in [0, 0.05) is 24.7 Å². The predicted octanol–water partition coefficient (Wildman–Crippen LogP) is 7.14. The van der Waals surface area contributed by atoms with Crippen LogP contribution < -0.4 is 4.74 Å². The number of benzene rings is 4. The van der Waals surface area contributed by atoms with Gasteiger partial charge >= 0.3 is 0 Å². The Hall–Kier alpha value is -5.43. The van der Waals surface area contributed by atoms with Crippen LogP contribution in [-0.4, -0.2) is 29.2 Å². The zero-order valence-corrected chi connectivity index (χ0v) is 21.1. The molecule has 1 N–H and O–H groups in total. The fourth-order valence-electron chi connectivity index (χ4n) is 4.89. The van der Waals surface area contributed by atoms with Gasteiger partial charge in [0.25, 0.3) is 0 Å². The third-order valence-corrected chi connectivity index (χ3v) is 6.74. The van der Waals surface area contributed by atoms with E-state index in [1.54, 1.807) is 12.1 Å². The molecule has 7 heteroatoms. The molecule has 7 rings (SSSR count). The third kappa shape index (κ3) is 3.97. The van der Waals surface area contributed by atoms with Crippen LogP contribution in [0, 0.1) is 0 Å². The summed E-state index contributed by atoms with van der Waals surface area (Å²) in [7, 11) is 1.98. The Labute approximate surface area is 224 Å². The molecule has 0 aliphatic heterocycles. The number of hydrogen-bond donors (Lipinski definition) is 1. The van der Waals surface area contributed by atoms with Gasteiger partial charge in [0.1, 0.15) is 23.0 Å². The number of ether oxygens (including phenoxy) is 1. The molecule has 3 heterocycles. The summed E-state index contributed by atoms with van der Waals surface area (Å²) in [6.07, 6.45) is 0. The number of hydrogen-bond acceptors (Lipinski definition) is 5. The van der Waals surface area contributed by atoms with Crippen LogP contribution >= 0.6 is 0 Å². The number of aromatic hydroxyl groups is 1. The quantitative estimate of drug-likeness (QED) is 0.267. The van der Waals surface area contributed by atoms with Crippen LogP contribution in [0.3, 0.4) is 0 Å². The molecule has 0 saturated carbocycles. The van der Waals surface area contributed by atoms with Crippen molar-refractivity contribution in [2.75, 3.05) is 0 Å². The smallest absolute Gasteiger partial charge is 0.219 e. The molecule has 7 aromatic rings. The number of aromatic nitrogens is 5. The van der Waals surface area contributed by atoms with E-state index in [1.165, 1.54) is 0 Å². The monoisotopic (exact) mass is 509 g/mol. The van der Waals surface area contributed by atoms with Gasteiger partial charge in [-0.05, 0) is 42.5 Å². The Bertz CT molecular complexity index is 1970. The molecular formula is C32H23N5O2. The molecule has 0 saturated heterocycles. The van der Waals surface area contributed by atoms with Crippen LogP contribution in [0.25, 0.3) is 50.7 Å². The molecule has 3 aromatic heterocycles. The van der Waals surface area contributed by atoms with Crippen LogP contribution in [0.2, 0.25) is 0 Å². The summed E-state index contributed by atoms with van der Waals surface area (Å²) >= 11 is 0. The number of nitrogens with zero attached hydrogens (tertiary/aromatic N) is 5. The van der Waals surface area contributed by atoms with Gasteiger partial charge in [-0.1, -0.05) is 60.7 Å². The predicted molar refractivity (Wildman–Crippen MR) is 152 cm³/mol. The van der Waals surface area contributed by atoms with Crippen molar-refractivity contribution in [2.45, 2.75) is 0 Å². The van der Waals surface area contributed by atoms with Gasteiger partial charge in [0.15, 0.2) is 5.82 Å². The van der Waals surface area contributed by atoms with Crippen molar-refractivity contribution < 1.29 is 9.84 Å². The maximum absolute atomic E-state index is 10.7. The summed E-state index contributed by atoms with van der Waals surface area (Å²) in [5.74, 6) is 2.72. The van der Waals surface area contributed by atoms with Crippen molar-refractivity contribution >= 4 is 22.1 Å². The first-order chi connectivity index (χ1) is 19.2. The van der Waals surface area contributed by atoms with Crippen LogP contribution in [0.4, 0.5) is 0 Å². The molecule has 188 valence electrons. The minimum atomic E-state index is 0.164. The van der Waals surface area contributed by atoms with Gasteiger partial charge in [-0.25, -0.2) is 15.0 Å². The Morgan fingerprint density at radius 2 is 1.38 bits per heavy atom. The molecule has 0 unspecified atom stereocenters. The fraction of sp³-hybridized carbons (Fsp3) is 0.0312. The number of rotatable bonds is 5. The van der Waals surface area contributed by atoms with Crippen LogP contribution in [0.5, 0.6) is 17.4 Å². The second-order valence-corrected chi connectivity index (χ2v) is 9.22. The second-order valence-electron chi connectivity index (χ2n) is 9.22. The van der Waals surface area contributed by atoms with Crippen LogP contribution in [0.1, 0.15) is 0 Å². The number of para-hydroxylation sites is 4. The summed E-state index contributed by atoms with van der Waals surface area (Å²) in [4.78, 5) is 14.4. The Morgan fingerprint density at radius 1 is 0.641 bits per heavy atom. The lowest BCUT2D eigenvalue weighted by Gasteiger charge is -2.12. The molecular weight excluding hydrogens is 486 g/mol. The first-order valence-corrected chi connectivity index (χ1v) is 12.6. The van der Waals surface area contributed by atoms with Gasteiger partial charge in [0.2, 0.25) is 5.88 Å². The topological polar surface area (TPSA) is 78.0 Å². The Balaban J connectivity index is 1.31. The number of phenols is 1. The zero-order valence-electron chi connectivity index (χ0n) is 21.1. The minimum Gasteiger partial charge on any atom is -0.506 e. The van der Waals surface area contributed by atoms with E-state index in [2.05, 4.69) is 0 Å². The summed E-state index contributed by atoms with van der Waals surface area (Å²) < 4.78 is 10.2. The van der Waals surface area contributed by atoms with E-state index in [0.29, 0.717) is 17.3 Å². The summed E-state index contributed by atoms with van der Waals surface area (Å²) in [5, 5.41) is 10.7. The van der Waals surface area contributed by atoms with Gasteiger partial charge in [-0.3, -0.25) is 4.57 Å². The molecule has 0 radical (unpaired) electrons. The lowest BCUT2D eigenvalue weighted by atomic mass is 10.2. The highest BCUT2D eigenvalue weighted by molar-refractivity contribution is 5.85. The van der Waals surface area contributed by atoms with Crippen molar-refractivity contribution in [1.82, 2.24) is 24.1 Å². The van der Waals surface area contributed by atoms with Crippen molar-refractivity contribution in [1.29, 1.82) is 0 Å². The van der Waals surface area contributed by atoms with E-state index >= 15 is 0 Å². The highest BCUT2D eigenvalue weighted by Gasteiger charge is 2.18. The molecule has 0 spiro atoms. The fourth-order valence-corrected chi connectivity index (χ4v) is 4.89. The SMILES string of the molecule is Cn1c(-c2cccc(Oc3ccc4nc(-c5ccccc5)n(-c5ccccc5O)c4c3)n2)nc2ccccc21. The van der Waals surface area contributed by atoms with E-state index < -0.39 is 0 Å². The first kappa shape index (κ1) is 22.7. The number of imidazole rings is 2.